The van der Waals surface area contributed by atoms with Crippen molar-refractivity contribution in [3.8, 4) is 5.69 Å². The van der Waals surface area contributed by atoms with Gasteiger partial charge in [-0.2, -0.15) is 9.78 Å². The van der Waals surface area contributed by atoms with Crippen molar-refractivity contribution in [3.63, 3.8) is 0 Å². The van der Waals surface area contributed by atoms with Crippen LogP contribution in [0.15, 0.2) is 23.1 Å². The largest absolute Gasteiger partial charge is 0.464 e. The highest BCUT2D eigenvalue weighted by molar-refractivity contribution is 6.33. The normalized spacial score (nSPS) is 11.9. The predicted octanol–water partition coefficient (Wildman–Crippen LogP) is 3.01. The summed E-state index contributed by atoms with van der Waals surface area (Å²) in [6, 6.07) is 1.72. The van der Waals surface area contributed by atoms with Gasteiger partial charge in [0.05, 0.1) is 23.5 Å². The number of ether oxygens (including phenoxy) is 1. The van der Waals surface area contributed by atoms with E-state index in [1.165, 1.54) is 12.3 Å². The second-order valence-electron chi connectivity index (χ2n) is 5.57. The molecule has 0 spiro atoms. The molecule has 0 bridgehead atoms. The Balaban J connectivity index is 2.47. The molecule has 0 aliphatic rings. The zero-order chi connectivity index (χ0) is 18.7. The molecule has 0 aliphatic carbocycles. The van der Waals surface area contributed by atoms with Gasteiger partial charge < -0.3 is 10.1 Å². The Hall–Kier alpha value is -2.41. The maximum atomic E-state index is 14.3. The number of hydrogen-bond donors (Lipinski definition) is 1. The van der Waals surface area contributed by atoms with Crippen molar-refractivity contribution >= 4 is 23.3 Å². The van der Waals surface area contributed by atoms with Gasteiger partial charge in [0.2, 0.25) is 0 Å². The van der Waals surface area contributed by atoms with Crippen LogP contribution in [0.25, 0.3) is 5.69 Å². The molecule has 2 rings (SSSR count). The molecule has 6 nitrogen and oxygen atoms in total. The van der Waals surface area contributed by atoms with E-state index in [1.54, 1.807) is 27.7 Å². The highest BCUT2D eigenvalue weighted by Gasteiger charge is 2.18. The monoisotopic (exact) mass is 367 g/mol. The number of anilines is 1. The van der Waals surface area contributed by atoms with Gasteiger partial charge in [0, 0.05) is 5.56 Å². The SMILES string of the molecule is CCOC(=O)C(C)Nc1cc(-n2ncc(C)c(C)c2=O)c(F)cc1Cl. The molecule has 1 atom stereocenters. The summed E-state index contributed by atoms with van der Waals surface area (Å²) in [7, 11) is 0. The van der Waals surface area contributed by atoms with Crippen LogP contribution in [0.5, 0.6) is 0 Å². The van der Waals surface area contributed by atoms with Crippen LogP contribution in [0, 0.1) is 19.7 Å². The maximum absolute atomic E-state index is 14.3. The summed E-state index contributed by atoms with van der Waals surface area (Å²) in [6.45, 7) is 6.93. The van der Waals surface area contributed by atoms with Crippen LogP contribution < -0.4 is 10.9 Å². The lowest BCUT2D eigenvalue weighted by atomic mass is 10.2. The molecular weight excluding hydrogens is 349 g/mol. The van der Waals surface area contributed by atoms with Gasteiger partial charge in [0.15, 0.2) is 5.82 Å². The number of aryl methyl sites for hydroxylation is 1. The van der Waals surface area contributed by atoms with E-state index in [9.17, 15) is 14.0 Å². The minimum absolute atomic E-state index is 0.0592. The van der Waals surface area contributed by atoms with Crippen LogP contribution in [-0.4, -0.2) is 28.4 Å². The number of carbonyl (C=O) groups excluding carboxylic acids is 1. The third-order valence-corrected chi connectivity index (χ3v) is 4.06. The van der Waals surface area contributed by atoms with Gasteiger partial charge in [-0.25, -0.2) is 9.18 Å². The van der Waals surface area contributed by atoms with Gasteiger partial charge >= 0.3 is 5.97 Å². The number of nitrogens with one attached hydrogen (secondary N) is 1. The summed E-state index contributed by atoms with van der Waals surface area (Å²) in [5, 5.41) is 6.93. The van der Waals surface area contributed by atoms with Crippen LogP contribution in [0.1, 0.15) is 25.0 Å². The molecule has 0 aliphatic heterocycles. The van der Waals surface area contributed by atoms with E-state index in [0.29, 0.717) is 16.8 Å². The fraction of sp³-hybridized carbons (Fsp3) is 0.353. The third kappa shape index (κ3) is 3.99. The lowest BCUT2D eigenvalue weighted by Crippen LogP contribution is -2.29. The summed E-state index contributed by atoms with van der Waals surface area (Å²) in [4.78, 5) is 24.1. The molecule has 1 aromatic heterocycles. The molecule has 25 heavy (non-hydrogen) atoms. The molecule has 134 valence electrons. The van der Waals surface area contributed by atoms with Gasteiger partial charge in [0.25, 0.3) is 5.56 Å². The first kappa shape index (κ1) is 18.9. The molecule has 0 radical (unpaired) electrons. The van der Waals surface area contributed by atoms with E-state index in [4.69, 9.17) is 16.3 Å². The molecule has 1 aromatic carbocycles. The molecule has 8 heteroatoms. The average molecular weight is 368 g/mol. The number of hydrogen-bond acceptors (Lipinski definition) is 5. The Morgan fingerprint density at radius 1 is 1.44 bits per heavy atom. The molecule has 1 heterocycles. The van der Waals surface area contributed by atoms with Crippen LogP contribution in [0.2, 0.25) is 5.02 Å². The highest BCUT2D eigenvalue weighted by Crippen LogP contribution is 2.27. The summed E-state index contributed by atoms with van der Waals surface area (Å²) < 4.78 is 20.2. The second kappa shape index (κ2) is 7.65. The van der Waals surface area contributed by atoms with Crippen molar-refractivity contribution in [2.75, 3.05) is 11.9 Å². The molecule has 0 saturated carbocycles. The van der Waals surface area contributed by atoms with Crippen molar-refractivity contribution in [2.45, 2.75) is 33.7 Å². The maximum Gasteiger partial charge on any atom is 0.328 e. The summed E-state index contributed by atoms with van der Waals surface area (Å²) in [5.74, 6) is -1.16. The standard InChI is InChI=1S/C17H19ClFN3O3/c1-5-25-17(24)11(4)21-14-7-15(13(19)6-12(14)18)22-16(23)10(3)9(2)8-20-22/h6-8,11,21H,5H2,1-4H3. The minimum atomic E-state index is -0.697. The van der Waals surface area contributed by atoms with Crippen LogP contribution in [-0.2, 0) is 9.53 Å². The first-order chi connectivity index (χ1) is 11.8. The molecule has 0 fully saturated rings. The van der Waals surface area contributed by atoms with E-state index in [1.807, 2.05) is 0 Å². The smallest absolute Gasteiger partial charge is 0.328 e. The van der Waals surface area contributed by atoms with Crippen molar-refractivity contribution in [2.24, 2.45) is 0 Å². The second-order valence-corrected chi connectivity index (χ2v) is 5.98. The van der Waals surface area contributed by atoms with E-state index in [2.05, 4.69) is 10.4 Å². The molecular formula is C17H19ClFN3O3. The molecule has 0 amide bonds. The average Bonchev–Trinajstić information content (AvgIpc) is 2.56. The van der Waals surface area contributed by atoms with Crippen molar-refractivity contribution in [3.05, 3.63) is 50.7 Å². The molecule has 0 saturated heterocycles. The van der Waals surface area contributed by atoms with Gasteiger partial charge in [-0.1, -0.05) is 11.6 Å². The van der Waals surface area contributed by atoms with E-state index >= 15 is 0 Å². The number of halogens is 2. The van der Waals surface area contributed by atoms with E-state index in [0.717, 1.165) is 10.7 Å². The van der Waals surface area contributed by atoms with Crippen LogP contribution in [0.4, 0.5) is 10.1 Å². The van der Waals surface area contributed by atoms with Crippen LogP contribution in [0.3, 0.4) is 0 Å². The van der Waals surface area contributed by atoms with Gasteiger partial charge in [-0.15, -0.1) is 0 Å². The number of nitrogens with zero attached hydrogens (tertiary/aromatic N) is 2. The minimum Gasteiger partial charge on any atom is -0.464 e. The zero-order valence-electron chi connectivity index (χ0n) is 14.4. The number of rotatable bonds is 5. The van der Waals surface area contributed by atoms with Crippen LogP contribution >= 0.6 is 11.6 Å². The number of benzene rings is 1. The van der Waals surface area contributed by atoms with Crippen molar-refractivity contribution in [1.29, 1.82) is 0 Å². The fourth-order valence-corrected chi connectivity index (χ4v) is 2.37. The van der Waals surface area contributed by atoms with E-state index < -0.39 is 23.4 Å². The lowest BCUT2D eigenvalue weighted by molar-refractivity contribution is -0.143. The summed E-state index contributed by atoms with van der Waals surface area (Å²) in [5.41, 5.74) is 0.996. The molecule has 1 unspecified atom stereocenters. The van der Waals surface area contributed by atoms with Gasteiger partial charge in [-0.3, -0.25) is 4.79 Å². The molecule has 1 N–H and O–H groups in total. The third-order valence-electron chi connectivity index (χ3n) is 3.75. The van der Waals surface area contributed by atoms with Crippen molar-refractivity contribution in [1.82, 2.24) is 9.78 Å². The molecule has 2 aromatic rings. The topological polar surface area (TPSA) is 73.2 Å². The van der Waals surface area contributed by atoms with E-state index in [-0.39, 0.29) is 17.3 Å². The number of carbonyl (C=O) groups is 1. The fourth-order valence-electron chi connectivity index (χ4n) is 2.16. The summed E-state index contributed by atoms with van der Waals surface area (Å²) in [6.07, 6.45) is 1.49. The predicted molar refractivity (Wildman–Crippen MR) is 94.0 cm³/mol. The Morgan fingerprint density at radius 2 is 2.12 bits per heavy atom. The quantitative estimate of drug-likeness (QED) is 0.822. The highest BCUT2D eigenvalue weighted by atomic mass is 35.5. The Morgan fingerprint density at radius 3 is 2.76 bits per heavy atom. The number of esters is 1. The first-order valence-electron chi connectivity index (χ1n) is 7.74. The first-order valence-corrected chi connectivity index (χ1v) is 8.12. The zero-order valence-corrected chi connectivity index (χ0v) is 15.1. The van der Waals surface area contributed by atoms with Gasteiger partial charge in [0.1, 0.15) is 11.7 Å². The Labute approximate surface area is 149 Å². The number of aromatic nitrogens is 2. The lowest BCUT2D eigenvalue weighted by Gasteiger charge is -2.17. The Kier molecular flexibility index (Phi) is 5.79. The van der Waals surface area contributed by atoms with Gasteiger partial charge in [-0.05, 0) is 45.4 Å². The summed E-state index contributed by atoms with van der Waals surface area (Å²) >= 11 is 6.05. The van der Waals surface area contributed by atoms with Crippen molar-refractivity contribution < 1.29 is 13.9 Å². The Bertz CT molecular complexity index is 867.